The van der Waals surface area contributed by atoms with Crippen LogP contribution >= 0.6 is 15.9 Å². The summed E-state index contributed by atoms with van der Waals surface area (Å²) in [6, 6.07) is 3.55. The third kappa shape index (κ3) is 5.00. The second-order valence-corrected chi connectivity index (χ2v) is 7.51. The molecule has 0 amide bonds. The minimum absolute atomic E-state index is 0.0612. The van der Waals surface area contributed by atoms with E-state index < -0.39 is 15.8 Å². The first kappa shape index (κ1) is 16.8. The van der Waals surface area contributed by atoms with Gasteiger partial charge in [0.1, 0.15) is 5.82 Å². The number of hydrogen-bond acceptors (Lipinski definition) is 4. The standard InChI is InChI=1S/C13H19BrFN3O2S/c14-12-10-11(15)2-3-13(12)21(19,20)17-4-1-7-18-8-5-16-6-9-18/h2-3,10,16-17H,1,4-9H2. The molecule has 0 unspecified atom stereocenters. The highest BCUT2D eigenvalue weighted by Crippen LogP contribution is 2.22. The molecule has 0 radical (unpaired) electrons. The second-order valence-electron chi connectivity index (χ2n) is 4.92. The number of hydrogen-bond donors (Lipinski definition) is 2. The van der Waals surface area contributed by atoms with E-state index in [1.165, 1.54) is 6.07 Å². The molecular weight excluding hydrogens is 361 g/mol. The van der Waals surface area contributed by atoms with Gasteiger partial charge in [0.05, 0.1) is 4.90 Å². The molecule has 1 saturated heterocycles. The first-order valence-electron chi connectivity index (χ1n) is 6.87. The van der Waals surface area contributed by atoms with Crippen LogP contribution in [0.1, 0.15) is 6.42 Å². The normalized spacial score (nSPS) is 17.0. The van der Waals surface area contributed by atoms with Crippen molar-refractivity contribution >= 4 is 26.0 Å². The predicted molar refractivity (Wildman–Crippen MR) is 83.2 cm³/mol. The number of piperazine rings is 1. The van der Waals surface area contributed by atoms with E-state index in [-0.39, 0.29) is 9.37 Å². The molecule has 5 nitrogen and oxygen atoms in total. The number of benzene rings is 1. The van der Waals surface area contributed by atoms with Crippen molar-refractivity contribution in [3.63, 3.8) is 0 Å². The highest BCUT2D eigenvalue weighted by Gasteiger charge is 2.17. The molecule has 0 spiro atoms. The molecule has 1 aromatic carbocycles. The van der Waals surface area contributed by atoms with Gasteiger partial charge in [-0.3, -0.25) is 0 Å². The van der Waals surface area contributed by atoms with Crippen molar-refractivity contribution in [2.24, 2.45) is 0 Å². The Hall–Kier alpha value is -0.540. The van der Waals surface area contributed by atoms with Gasteiger partial charge < -0.3 is 10.2 Å². The fourth-order valence-electron chi connectivity index (χ4n) is 2.21. The van der Waals surface area contributed by atoms with Crippen LogP contribution in [0.4, 0.5) is 4.39 Å². The Morgan fingerprint density at radius 3 is 2.71 bits per heavy atom. The summed E-state index contributed by atoms with van der Waals surface area (Å²) in [7, 11) is -3.61. The lowest BCUT2D eigenvalue weighted by Gasteiger charge is -2.27. The largest absolute Gasteiger partial charge is 0.314 e. The predicted octanol–water partition coefficient (Wildman–Crippen LogP) is 1.16. The van der Waals surface area contributed by atoms with Crippen LogP contribution in [-0.2, 0) is 10.0 Å². The smallest absolute Gasteiger partial charge is 0.241 e. The monoisotopic (exact) mass is 379 g/mol. The third-order valence-corrected chi connectivity index (χ3v) is 5.77. The Morgan fingerprint density at radius 1 is 1.33 bits per heavy atom. The molecule has 118 valence electrons. The first-order valence-corrected chi connectivity index (χ1v) is 9.14. The quantitative estimate of drug-likeness (QED) is 0.728. The second kappa shape index (κ2) is 7.64. The van der Waals surface area contributed by atoms with E-state index in [9.17, 15) is 12.8 Å². The van der Waals surface area contributed by atoms with Gasteiger partial charge in [-0.05, 0) is 47.1 Å². The van der Waals surface area contributed by atoms with Crippen LogP contribution in [0.25, 0.3) is 0 Å². The van der Waals surface area contributed by atoms with Crippen LogP contribution in [0.5, 0.6) is 0 Å². The van der Waals surface area contributed by atoms with Crippen molar-refractivity contribution in [2.75, 3.05) is 39.3 Å². The van der Waals surface area contributed by atoms with Crippen LogP contribution in [0.3, 0.4) is 0 Å². The molecule has 2 rings (SSSR count). The molecule has 0 aliphatic carbocycles. The highest BCUT2D eigenvalue weighted by molar-refractivity contribution is 9.10. The Balaban J connectivity index is 1.83. The third-order valence-electron chi connectivity index (χ3n) is 3.34. The summed E-state index contributed by atoms with van der Waals surface area (Å²) in [5, 5.41) is 3.27. The summed E-state index contributed by atoms with van der Waals surface area (Å²) < 4.78 is 40.0. The molecule has 1 fully saturated rings. The number of nitrogens with zero attached hydrogens (tertiary/aromatic N) is 1. The van der Waals surface area contributed by atoms with E-state index in [2.05, 4.69) is 30.9 Å². The van der Waals surface area contributed by atoms with Crippen molar-refractivity contribution < 1.29 is 12.8 Å². The molecule has 1 aromatic rings. The number of halogens is 2. The van der Waals surface area contributed by atoms with Crippen LogP contribution in [-0.4, -0.2) is 52.6 Å². The van der Waals surface area contributed by atoms with Crippen molar-refractivity contribution in [1.29, 1.82) is 0 Å². The Labute approximate surface area is 133 Å². The molecule has 0 bridgehead atoms. The van der Waals surface area contributed by atoms with Crippen molar-refractivity contribution in [2.45, 2.75) is 11.3 Å². The van der Waals surface area contributed by atoms with E-state index in [1.807, 2.05) is 0 Å². The van der Waals surface area contributed by atoms with E-state index in [1.54, 1.807) is 0 Å². The van der Waals surface area contributed by atoms with Gasteiger partial charge >= 0.3 is 0 Å². The SMILES string of the molecule is O=S(=O)(NCCCN1CCNCC1)c1ccc(F)cc1Br. The minimum Gasteiger partial charge on any atom is -0.314 e. The van der Waals surface area contributed by atoms with Crippen LogP contribution in [0.2, 0.25) is 0 Å². The van der Waals surface area contributed by atoms with Crippen LogP contribution in [0, 0.1) is 5.82 Å². The average Bonchev–Trinajstić information content (AvgIpc) is 2.44. The maximum Gasteiger partial charge on any atom is 0.241 e. The molecule has 8 heteroatoms. The lowest BCUT2D eigenvalue weighted by molar-refractivity contribution is 0.239. The summed E-state index contributed by atoms with van der Waals surface area (Å²) in [5.41, 5.74) is 0. The van der Waals surface area contributed by atoms with Gasteiger partial charge in [0.25, 0.3) is 0 Å². The zero-order chi connectivity index (χ0) is 15.3. The molecule has 0 atom stereocenters. The summed E-state index contributed by atoms with van der Waals surface area (Å²) in [5.74, 6) is -0.473. The molecule has 0 aromatic heterocycles. The summed E-state index contributed by atoms with van der Waals surface area (Å²) >= 11 is 3.08. The molecule has 1 heterocycles. The van der Waals surface area contributed by atoms with Gasteiger partial charge in [-0.15, -0.1) is 0 Å². The van der Waals surface area contributed by atoms with E-state index in [0.29, 0.717) is 6.54 Å². The number of sulfonamides is 1. The van der Waals surface area contributed by atoms with E-state index >= 15 is 0 Å². The van der Waals surface area contributed by atoms with E-state index in [4.69, 9.17) is 0 Å². The first-order chi connectivity index (χ1) is 9.99. The zero-order valence-corrected chi connectivity index (χ0v) is 14.0. The van der Waals surface area contributed by atoms with Crippen molar-refractivity contribution in [3.8, 4) is 0 Å². The fraction of sp³-hybridized carbons (Fsp3) is 0.538. The molecule has 1 aliphatic heterocycles. The summed E-state index contributed by atoms with van der Waals surface area (Å²) in [4.78, 5) is 2.37. The summed E-state index contributed by atoms with van der Waals surface area (Å²) in [6.07, 6.45) is 0.748. The van der Waals surface area contributed by atoms with Gasteiger partial charge in [-0.25, -0.2) is 17.5 Å². The number of nitrogens with one attached hydrogen (secondary N) is 2. The molecule has 1 aliphatic rings. The molecule has 0 saturated carbocycles. The van der Waals surface area contributed by atoms with Crippen molar-refractivity contribution in [3.05, 3.63) is 28.5 Å². The Kier molecular flexibility index (Phi) is 6.12. The van der Waals surface area contributed by atoms with E-state index in [0.717, 1.165) is 51.3 Å². The zero-order valence-electron chi connectivity index (χ0n) is 11.6. The van der Waals surface area contributed by atoms with Gasteiger partial charge in [-0.2, -0.15) is 0 Å². The Bertz CT molecular complexity index is 577. The molecule has 21 heavy (non-hydrogen) atoms. The maximum atomic E-state index is 13.0. The fourth-order valence-corrected chi connectivity index (χ4v) is 4.34. The van der Waals surface area contributed by atoms with Gasteiger partial charge in [0.15, 0.2) is 0 Å². The lowest BCUT2D eigenvalue weighted by atomic mass is 10.3. The van der Waals surface area contributed by atoms with Gasteiger partial charge in [-0.1, -0.05) is 0 Å². The average molecular weight is 380 g/mol. The molecule has 2 N–H and O–H groups in total. The maximum absolute atomic E-state index is 13.0. The number of rotatable bonds is 6. The van der Waals surface area contributed by atoms with Crippen molar-refractivity contribution in [1.82, 2.24) is 14.9 Å². The van der Waals surface area contributed by atoms with Gasteiger partial charge in [0, 0.05) is 37.2 Å². The minimum atomic E-state index is -3.61. The summed E-state index contributed by atoms with van der Waals surface area (Å²) in [6.45, 7) is 5.19. The van der Waals surface area contributed by atoms with Gasteiger partial charge in [0.2, 0.25) is 10.0 Å². The highest BCUT2D eigenvalue weighted by atomic mass is 79.9. The Morgan fingerprint density at radius 2 is 2.05 bits per heavy atom. The van der Waals surface area contributed by atoms with Crippen LogP contribution in [0.15, 0.2) is 27.6 Å². The van der Waals surface area contributed by atoms with Crippen LogP contribution < -0.4 is 10.0 Å². The lowest BCUT2D eigenvalue weighted by Crippen LogP contribution is -2.44. The molecular formula is C13H19BrFN3O2S. The topological polar surface area (TPSA) is 61.4 Å².